The second-order valence-electron chi connectivity index (χ2n) is 16.2. The number of nitrogens with zero attached hydrogens (tertiary/aromatic N) is 2. The number of fused-ring (bicyclic) bond motifs is 2. The molecule has 3 N–H and O–H groups in total. The van der Waals surface area contributed by atoms with Gasteiger partial charge in [-0.15, -0.1) is 18.2 Å². The molecule has 12 nitrogen and oxygen atoms in total. The van der Waals surface area contributed by atoms with Crippen molar-refractivity contribution in [1.82, 2.24) is 4.90 Å². The fourth-order valence-electron chi connectivity index (χ4n) is 8.62. The predicted octanol–water partition coefficient (Wildman–Crippen LogP) is 7.52. The first-order valence-electron chi connectivity index (χ1n) is 20.8. The number of amides is 1. The molecule has 326 valence electrons. The van der Waals surface area contributed by atoms with Crippen LogP contribution >= 0.6 is 11.6 Å². The highest BCUT2D eigenvalue weighted by Gasteiger charge is 2.65. The summed E-state index contributed by atoms with van der Waals surface area (Å²) in [6, 6.07) is 11.3. The summed E-state index contributed by atoms with van der Waals surface area (Å²) >= 11 is 6.01. The van der Waals surface area contributed by atoms with Gasteiger partial charge in [-0.2, -0.15) is 0 Å². The summed E-state index contributed by atoms with van der Waals surface area (Å²) < 4.78 is 46.6. The number of hydrogen-bond donors (Lipinski definition) is 3. The molecule has 2 aliphatic carbocycles. The normalized spacial score (nSPS) is 24.0. The molecule has 1 saturated carbocycles. The lowest BCUT2D eigenvalue weighted by molar-refractivity contribution is -0.256. The Morgan fingerprint density at radius 1 is 1.05 bits per heavy atom. The highest BCUT2D eigenvalue weighted by atomic mass is 35.5. The first-order valence-corrected chi connectivity index (χ1v) is 21.4. The lowest BCUT2D eigenvalue weighted by Crippen LogP contribution is -2.70. The minimum atomic E-state index is -1.52. The Bertz CT molecular complexity index is 1740. The van der Waals surface area contributed by atoms with Gasteiger partial charge in [0, 0.05) is 43.2 Å². The molecule has 1 heterocycles. The smallest absolute Gasteiger partial charge is 0.410 e. The van der Waals surface area contributed by atoms with Gasteiger partial charge in [-0.25, -0.2) is 9.18 Å². The van der Waals surface area contributed by atoms with Crippen molar-refractivity contribution in [1.29, 1.82) is 0 Å². The topological polar surface area (TPSA) is 149 Å². The monoisotopic (exact) mass is 844 g/mol. The summed E-state index contributed by atoms with van der Waals surface area (Å²) in [5, 5.41) is 34.1. The van der Waals surface area contributed by atoms with Crippen LogP contribution in [0.5, 0.6) is 11.5 Å². The van der Waals surface area contributed by atoms with Crippen LogP contribution in [0, 0.1) is 23.6 Å². The minimum absolute atomic E-state index is 0.0155. The largest absolute Gasteiger partial charge is 0.489 e. The molecule has 2 aromatic carbocycles. The third-order valence-corrected chi connectivity index (χ3v) is 11.2. The Morgan fingerprint density at radius 3 is 2.51 bits per heavy atom. The molecule has 0 unspecified atom stereocenters. The van der Waals surface area contributed by atoms with Crippen LogP contribution in [0.15, 0.2) is 71.9 Å². The first kappa shape index (κ1) is 46.3. The van der Waals surface area contributed by atoms with Gasteiger partial charge >= 0.3 is 6.09 Å². The van der Waals surface area contributed by atoms with Crippen molar-refractivity contribution >= 4 is 23.4 Å². The number of benzene rings is 2. The standard InChI is InChI=1S/C45H62ClFN2O10/c1-5-23-57-45-40(49(19-25-54-26-22-52)43(53)55-24-18-46)29-38(48-59-44(2,3)4)35-27-31(12-8-10-20-50)34(14-9-11-21-51)41(42(35)45)36-28-33(16-17-39(36)58-45)56-30-32-13-6-7-15-37(32)47/h5-7,13,15-17,27-28,31,34,40-42,50-52H,1,8-12,14,18-26,29-30H2,2-4H3/t31-,34+,40-,41+,42+,45+/m0/s1. The highest BCUT2D eigenvalue weighted by Crippen LogP contribution is 2.62. The number of aliphatic hydroxyl groups excluding tert-OH is 3. The number of carbonyl (C=O) groups excluding carboxylic acids is 1. The molecule has 3 aliphatic rings. The van der Waals surface area contributed by atoms with Crippen molar-refractivity contribution in [2.75, 3.05) is 58.7 Å². The van der Waals surface area contributed by atoms with Crippen molar-refractivity contribution in [2.45, 2.75) is 95.7 Å². The number of alkyl halides is 1. The first-order chi connectivity index (χ1) is 28.5. The lowest BCUT2D eigenvalue weighted by Gasteiger charge is -2.60. The zero-order valence-corrected chi connectivity index (χ0v) is 35.4. The molecule has 2 aromatic rings. The lowest BCUT2D eigenvalue weighted by atomic mass is 9.55. The van der Waals surface area contributed by atoms with E-state index in [1.54, 1.807) is 35.2 Å². The van der Waals surface area contributed by atoms with Gasteiger partial charge in [0.1, 0.15) is 42.2 Å². The summed E-state index contributed by atoms with van der Waals surface area (Å²) in [5.74, 6) is -1.57. The SMILES string of the molecule is C=CCO[C@@]12Oc3ccc(OCc4ccccc4F)cc3[C@H]3[C@H](CCCCO)[C@@H](CCCCO)C=C(C(=NOC(C)(C)C)C[C@@H]1N(CCOCCO)C(=O)OCCCl)[C@H]32. The highest BCUT2D eigenvalue weighted by molar-refractivity contribution is 6.18. The van der Waals surface area contributed by atoms with E-state index in [2.05, 4.69) is 12.7 Å². The number of rotatable bonds is 23. The zero-order valence-electron chi connectivity index (χ0n) is 34.7. The molecule has 1 aliphatic heterocycles. The van der Waals surface area contributed by atoms with Crippen LogP contribution in [0.3, 0.4) is 0 Å². The maximum atomic E-state index is 14.7. The van der Waals surface area contributed by atoms with Gasteiger partial charge in [0.2, 0.25) is 5.79 Å². The molecule has 0 spiro atoms. The van der Waals surface area contributed by atoms with Gasteiger partial charge in [0.25, 0.3) is 0 Å². The van der Waals surface area contributed by atoms with E-state index >= 15 is 0 Å². The third kappa shape index (κ3) is 11.6. The number of carbonyl (C=O) groups is 1. The van der Waals surface area contributed by atoms with Gasteiger partial charge in [0.05, 0.1) is 43.9 Å². The molecule has 1 amide bonds. The van der Waals surface area contributed by atoms with Crippen molar-refractivity contribution in [3.63, 3.8) is 0 Å². The quantitative estimate of drug-likeness (QED) is 0.0444. The minimum Gasteiger partial charge on any atom is -0.489 e. The van der Waals surface area contributed by atoms with E-state index in [0.717, 1.165) is 36.8 Å². The van der Waals surface area contributed by atoms with Crippen LogP contribution in [0.2, 0.25) is 0 Å². The molecule has 0 radical (unpaired) electrons. The molecule has 0 aromatic heterocycles. The Morgan fingerprint density at radius 2 is 1.81 bits per heavy atom. The third-order valence-electron chi connectivity index (χ3n) is 11.1. The molecule has 6 atom stereocenters. The van der Waals surface area contributed by atoms with Crippen LogP contribution in [-0.4, -0.2) is 108 Å². The Balaban J connectivity index is 1.76. The van der Waals surface area contributed by atoms with E-state index < -0.39 is 29.4 Å². The number of ether oxygens (including phenoxy) is 5. The van der Waals surface area contributed by atoms with Crippen molar-refractivity contribution in [2.24, 2.45) is 22.9 Å². The van der Waals surface area contributed by atoms with E-state index in [9.17, 15) is 24.5 Å². The van der Waals surface area contributed by atoms with Crippen molar-refractivity contribution in [3.8, 4) is 11.5 Å². The Hall–Kier alpha value is -3.72. The number of allylic oxidation sites excluding steroid dienone is 1. The molecule has 14 heteroatoms. The molecular weight excluding hydrogens is 783 g/mol. The predicted molar refractivity (Wildman–Crippen MR) is 223 cm³/mol. The van der Waals surface area contributed by atoms with Crippen LogP contribution in [0.1, 0.15) is 82.8 Å². The molecule has 1 fully saturated rings. The van der Waals surface area contributed by atoms with Gasteiger partial charge in [-0.05, 0) is 88.1 Å². The molecule has 5 rings (SSSR count). The van der Waals surface area contributed by atoms with Gasteiger partial charge in [-0.1, -0.05) is 48.3 Å². The van der Waals surface area contributed by atoms with Gasteiger partial charge < -0.3 is 43.8 Å². The van der Waals surface area contributed by atoms with E-state index in [1.807, 2.05) is 32.9 Å². The van der Waals surface area contributed by atoms with E-state index in [-0.39, 0.29) is 95.3 Å². The number of aliphatic hydroxyl groups is 3. The number of oxime groups is 1. The van der Waals surface area contributed by atoms with E-state index in [4.69, 9.17) is 45.3 Å². The molecule has 0 saturated heterocycles. The van der Waals surface area contributed by atoms with E-state index in [1.165, 1.54) is 6.07 Å². The molecule has 59 heavy (non-hydrogen) atoms. The number of hydrogen-bond acceptors (Lipinski definition) is 11. The zero-order chi connectivity index (χ0) is 42.4. The van der Waals surface area contributed by atoms with Crippen LogP contribution < -0.4 is 9.47 Å². The maximum absolute atomic E-state index is 14.7. The fraction of sp³-hybridized carbons (Fsp3) is 0.600. The Labute approximate surface area is 352 Å². The van der Waals surface area contributed by atoms with E-state index in [0.29, 0.717) is 35.6 Å². The van der Waals surface area contributed by atoms with Crippen molar-refractivity contribution in [3.05, 3.63) is 83.7 Å². The average molecular weight is 845 g/mol. The van der Waals surface area contributed by atoms with Crippen molar-refractivity contribution < 1.29 is 53.0 Å². The molecule has 0 bridgehead atoms. The summed E-state index contributed by atoms with van der Waals surface area (Å²) in [5.41, 5.74) is 2.15. The van der Waals surface area contributed by atoms with Gasteiger partial charge in [0.15, 0.2) is 0 Å². The average Bonchev–Trinajstić information content (AvgIpc) is 3.22. The number of halogens is 2. The van der Waals surface area contributed by atoms with Crippen LogP contribution in [0.4, 0.5) is 9.18 Å². The Kier molecular flexibility index (Phi) is 17.5. The second-order valence-corrected chi connectivity index (χ2v) is 16.6. The summed E-state index contributed by atoms with van der Waals surface area (Å²) in [4.78, 5) is 21.9. The summed E-state index contributed by atoms with van der Waals surface area (Å²) in [7, 11) is 0. The van der Waals surface area contributed by atoms with Crippen LogP contribution in [-0.2, 0) is 25.7 Å². The van der Waals surface area contributed by atoms with Gasteiger partial charge in [-0.3, -0.25) is 4.90 Å². The second kappa shape index (κ2) is 22.2. The summed E-state index contributed by atoms with van der Waals surface area (Å²) in [6.45, 7) is 9.96. The molecular formula is C45H62ClFN2O10. The maximum Gasteiger partial charge on any atom is 0.410 e. The fourth-order valence-corrected chi connectivity index (χ4v) is 8.70. The summed E-state index contributed by atoms with van der Waals surface area (Å²) in [6.07, 6.45) is 7.76. The number of unbranched alkanes of at least 4 members (excludes halogenated alkanes) is 2. The van der Waals surface area contributed by atoms with Crippen LogP contribution in [0.25, 0.3) is 0 Å².